The normalized spacial score (nSPS) is 9.76. The molecule has 90 valence electrons. The fraction of sp³-hybridized carbons (Fsp3) is 0.182. The lowest BCUT2D eigenvalue weighted by Crippen LogP contribution is -2.15. The van der Waals surface area contributed by atoms with Gasteiger partial charge in [-0.15, -0.1) is 0 Å². The SMILES string of the molecule is CC(=O)CC(=O)Nc1cc(Cl)cc(C(=O)O)c1. The molecule has 1 rings (SSSR count). The number of aromatic carboxylic acids is 1. The molecular formula is C11H10ClNO4. The lowest BCUT2D eigenvalue weighted by molar-refractivity contribution is -0.124. The average Bonchev–Trinajstić information content (AvgIpc) is 2.14. The van der Waals surface area contributed by atoms with Gasteiger partial charge < -0.3 is 10.4 Å². The lowest BCUT2D eigenvalue weighted by atomic mass is 10.2. The average molecular weight is 256 g/mol. The lowest BCUT2D eigenvalue weighted by Gasteiger charge is -2.05. The number of halogens is 1. The van der Waals surface area contributed by atoms with Crippen molar-refractivity contribution in [3.05, 3.63) is 28.8 Å². The number of anilines is 1. The maximum absolute atomic E-state index is 11.3. The number of Topliss-reactive ketones (excluding diaryl/α,β-unsaturated/α-hetero) is 1. The smallest absolute Gasteiger partial charge is 0.335 e. The maximum atomic E-state index is 11.3. The highest BCUT2D eigenvalue weighted by molar-refractivity contribution is 6.31. The Morgan fingerprint density at radius 2 is 1.94 bits per heavy atom. The largest absolute Gasteiger partial charge is 0.478 e. The van der Waals surface area contributed by atoms with Crippen LogP contribution < -0.4 is 5.32 Å². The Hall–Kier alpha value is -1.88. The van der Waals surface area contributed by atoms with Crippen molar-refractivity contribution < 1.29 is 19.5 Å². The van der Waals surface area contributed by atoms with E-state index < -0.39 is 11.9 Å². The van der Waals surface area contributed by atoms with Crippen molar-refractivity contribution >= 4 is 34.9 Å². The molecule has 17 heavy (non-hydrogen) atoms. The van der Waals surface area contributed by atoms with Crippen molar-refractivity contribution in [2.75, 3.05) is 5.32 Å². The van der Waals surface area contributed by atoms with Crippen LogP contribution in [0.1, 0.15) is 23.7 Å². The predicted octanol–water partition coefficient (Wildman–Crippen LogP) is 1.96. The molecule has 0 atom stereocenters. The van der Waals surface area contributed by atoms with Gasteiger partial charge in [-0.05, 0) is 25.1 Å². The summed E-state index contributed by atoms with van der Waals surface area (Å²) in [5.74, 6) is -1.92. The molecule has 0 bridgehead atoms. The highest BCUT2D eigenvalue weighted by Crippen LogP contribution is 2.19. The monoisotopic (exact) mass is 255 g/mol. The van der Waals surface area contributed by atoms with Crippen molar-refractivity contribution in [3.8, 4) is 0 Å². The Morgan fingerprint density at radius 3 is 2.47 bits per heavy atom. The minimum Gasteiger partial charge on any atom is -0.478 e. The number of amides is 1. The molecule has 1 amide bonds. The molecular weight excluding hydrogens is 246 g/mol. The van der Waals surface area contributed by atoms with E-state index in [1.165, 1.54) is 25.1 Å². The van der Waals surface area contributed by atoms with E-state index in [9.17, 15) is 14.4 Å². The molecule has 0 saturated heterocycles. The molecule has 0 saturated carbocycles. The Labute approximate surface area is 102 Å². The first kappa shape index (κ1) is 13.2. The summed E-state index contributed by atoms with van der Waals surface area (Å²) in [5.41, 5.74) is 0.219. The van der Waals surface area contributed by atoms with Crippen LogP contribution in [-0.4, -0.2) is 22.8 Å². The number of nitrogens with one attached hydrogen (secondary N) is 1. The summed E-state index contributed by atoms with van der Waals surface area (Å²) in [7, 11) is 0. The standard InChI is InChI=1S/C11H10ClNO4/c1-6(14)2-10(15)13-9-4-7(11(16)17)3-8(12)5-9/h3-5H,2H2,1H3,(H,13,15)(H,16,17). The van der Waals surface area contributed by atoms with E-state index in [1.807, 2.05) is 0 Å². The number of benzene rings is 1. The molecule has 0 aliphatic rings. The van der Waals surface area contributed by atoms with Crippen molar-refractivity contribution in [2.24, 2.45) is 0 Å². The summed E-state index contributed by atoms with van der Waals surface area (Å²) in [4.78, 5) is 32.7. The molecule has 0 aliphatic heterocycles. The van der Waals surface area contributed by atoms with E-state index in [0.717, 1.165) is 0 Å². The van der Waals surface area contributed by atoms with E-state index in [4.69, 9.17) is 16.7 Å². The third kappa shape index (κ3) is 4.24. The Bertz CT molecular complexity index is 484. The van der Waals surface area contributed by atoms with Gasteiger partial charge in [-0.2, -0.15) is 0 Å². The second-order valence-electron chi connectivity index (χ2n) is 3.46. The van der Waals surface area contributed by atoms with Gasteiger partial charge in [0.2, 0.25) is 5.91 Å². The first-order chi connectivity index (χ1) is 7.88. The molecule has 0 spiro atoms. The molecule has 0 heterocycles. The van der Waals surface area contributed by atoms with Crippen molar-refractivity contribution in [3.63, 3.8) is 0 Å². The number of carbonyl (C=O) groups excluding carboxylic acids is 2. The molecule has 0 unspecified atom stereocenters. The minimum absolute atomic E-state index is 0.0318. The summed E-state index contributed by atoms with van der Waals surface area (Å²) < 4.78 is 0. The first-order valence-corrected chi connectivity index (χ1v) is 5.09. The number of carbonyl (C=O) groups is 3. The summed E-state index contributed by atoms with van der Waals surface area (Å²) in [6.45, 7) is 1.29. The van der Waals surface area contributed by atoms with Crippen molar-refractivity contribution in [2.45, 2.75) is 13.3 Å². The van der Waals surface area contributed by atoms with Gasteiger partial charge in [0.1, 0.15) is 5.78 Å². The van der Waals surface area contributed by atoms with Gasteiger partial charge in [0, 0.05) is 10.7 Å². The summed E-state index contributed by atoms with van der Waals surface area (Å²) in [6.07, 6.45) is -0.255. The Morgan fingerprint density at radius 1 is 1.29 bits per heavy atom. The third-order valence-corrected chi connectivity index (χ3v) is 2.06. The second-order valence-corrected chi connectivity index (χ2v) is 3.90. The van der Waals surface area contributed by atoms with Crippen LogP contribution in [0.25, 0.3) is 0 Å². The van der Waals surface area contributed by atoms with E-state index in [2.05, 4.69) is 5.32 Å². The van der Waals surface area contributed by atoms with Gasteiger partial charge in [-0.1, -0.05) is 11.6 Å². The molecule has 0 aliphatic carbocycles. The zero-order valence-corrected chi connectivity index (χ0v) is 9.75. The predicted molar refractivity (Wildman–Crippen MR) is 62.3 cm³/mol. The first-order valence-electron chi connectivity index (χ1n) is 4.71. The van der Waals surface area contributed by atoms with Crippen LogP contribution in [0.3, 0.4) is 0 Å². The zero-order chi connectivity index (χ0) is 13.0. The van der Waals surface area contributed by atoms with Gasteiger partial charge in [-0.25, -0.2) is 4.79 Å². The molecule has 1 aromatic carbocycles. The topological polar surface area (TPSA) is 83.5 Å². The quantitative estimate of drug-likeness (QED) is 0.806. The summed E-state index contributed by atoms with van der Waals surface area (Å²) >= 11 is 5.70. The zero-order valence-electron chi connectivity index (χ0n) is 8.99. The Kier molecular flexibility index (Phi) is 4.23. The van der Waals surface area contributed by atoms with E-state index >= 15 is 0 Å². The number of hydrogen-bond acceptors (Lipinski definition) is 3. The molecule has 6 heteroatoms. The van der Waals surface area contributed by atoms with Crippen molar-refractivity contribution in [1.29, 1.82) is 0 Å². The fourth-order valence-electron chi connectivity index (χ4n) is 1.22. The van der Waals surface area contributed by atoms with Crippen LogP contribution in [0.4, 0.5) is 5.69 Å². The van der Waals surface area contributed by atoms with E-state index in [-0.39, 0.29) is 28.5 Å². The molecule has 0 aromatic heterocycles. The van der Waals surface area contributed by atoms with E-state index in [1.54, 1.807) is 0 Å². The molecule has 0 fully saturated rings. The second kappa shape index (κ2) is 5.45. The van der Waals surface area contributed by atoms with Crippen molar-refractivity contribution in [1.82, 2.24) is 0 Å². The van der Waals surface area contributed by atoms with Gasteiger partial charge in [0.05, 0.1) is 12.0 Å². The third-order valence-electron chi connectivity index (χ3n) is 1.84. The molecule has 0 radical (unpaired) electrons. The number of carboxylic acid groups (broad SMARTS) is 1. The van der Waals surface area contributed by atoms with Crippen LogP contribution in [0.2, 0.25) is 5.02 Å². The number of rotatable bonds is 4. The highest BCUT2D eigenvalue weighted by atomic mass is 35.5. The molecule has 1 aromatic rings. The van der Waals surface area contributed by atoms with Gasteiger partial charge in [0.25, 0.3) is 0 Å². The van der Waals surface area contributed by atoms with Crippen LogP contribution >= 0.6 is 11.6 Å². The number of hydrogen-bond donors (Lipinski definition) is 2. The summed E-state index contributed by atoms with van der Waals surface area (Å²) in [5, 5.41) is 11.4. The van der Waals surface area contributed by atoms with Crippen LogP contribution in [-0.2, 0) is 9.59 Å². The van der Waals surface area contributed by atoms with Crippen LogP contribution in [0.15, 0.2) is 18.2 Å². The maximum Gasteiger partial charge on any atom is 0.335 e. The van der Waals surface area contributed by atoms with Gasteiger partial charge >= 0.3 is 5.97 Å². The van der Waals surface area contributed by atoms with E-state index in [0.29, 0.717) is 0 Å². The van der Waals surface area contributed by atoms with Crippen LogP contribution in [0.5, 0.6) is 0 Å². The van der Waals surface area contributed by atoms with Gasteiger partial charge in [-0.3, -0.25) is 9.59 Å². The van der Waals surface area contributed by atoms with Crippen LogP contribution in [0, 0.1) is 0 Å². The number of ketones is 1. The molecule has 5 nitrogen and oxygen atoms in total. The fourth-order valence-corrected chi connectivity index (χ4v) is 1.45. The molecule has 2 N–H and O–H groups in total. The minimum atomic E-state index is -1.14. The highest BCUT2D eigenvalue weighted by Gasteiger charge is 2.09. The number of carboxylic acids is 1. The van der Waals surface area contributed by atoms with Gasteiger partial charge in [0.15, 0.2) is 0 Å². The Balaban J connectivity index is 2.88. The summed E-state index contributed by atoms with van der Waals surface area (Å²) in [6, 6.07) is 3.95.